The van der Waals surface area contributed by atoms with Crippen molar-refractivity contribution >= 4 is 17.6 Å². The van der Waals surface area contributed by atoms with Crippen LogP contribution < -0.4 is 15.4 Å². The van der Waals surface area contributed by atoms with Gasteiger partial charge in [-0.1, -0.05) is 42.5 Å². The van der Waals surface area contributed by atoms with E-state index in [9.17, 15) is 9.90 Å². The second kappa shape index (κ2) is 8.16. The number of aromatic hydroxyl groups is 1. The predicted octanol–water partition coefficient (Wildman–Crippen LogP) is 3.82. The smallest absolute Gasteiger partial charge is 0.414 e. The number of carbonyl (C=O) groups excluding carboxylic acids is 1. The Kier molecular flexibility index (Phi) is 5.26. The summed E-state index contributed by atoms with van der Waals surface area (Å²) in [5.74, 6) is 0.710. The van der Waals surface area contributed by atoms with Crippen molar-refractivity contribution in [2.24, 2.45) is 5.73 Å². The number of para-hydroxylation sites is 1. The molecule has 1 heterocycles. The summed E-state index contributed by atoms with van der Waals surface area (Å²) in [6.45, 7) is 0.262. The molecule has 2 unspecified atom stereocenters. The second-order valence-corrected chi connectivity index (χ2v) is 6.94. The highest BCUT2D eigenvalue weighted by molar-refractivity contribution is 5.97. The van der Waals surface area contributed by atoms with E-state index in [2.05, 4.69) is 0 Å². The zero-order valence-electron chi connectivity index (χ0n) is 16.1. The molecule has 0 saturated carbocycles. The van der Waals surface area contributed by atoms with Gasteiger partial charge >= 0.3 is 6.09 Å². The largest absolute Gasteiger partial charge is 0.508 e. The third-order valence-electron chi connectivity index (χ3n) is 4.87. The molecule has 3 aromatic rings. The first-order chi connectivity index (χ1) is 14.5. The molecule has 3 aromatic carbocycles. The van der Waals surface area contributed by atoms with Gasteiger partial charge in [-0.2, -0.15) is 0 Å². The summed E-state index contributed by atoms with van der Waals surface area (Å²) in [7, 11) is 0. The Morgan fingerprint density at radius 1 is 1.10 bits per heavy atom. The molecule has 0 radical (unpaired) electrons. The number of nitrogen functional groups attached to an aromatic ring is 1. The van der Waals surface area contributed by atoms with Gasteiger partial charge in [0.1, 0.15) is 17.3 Å². The summed E-state index contributed by atoms with van der Waals surface area (Å²) >= 11 is 0. The lowest BCUT2D eigenvalue weighted by Gasteiger charge is -2.24. The SMILES string of the molecule is N=C(N)c1cccc(N2CC(C(Oc3ccccc3)c3ccc(O)cc3)OC2=O)c1. The van der Waals surface area contributed by atoms with Crippen LogP contribution in [-0.2, 0) is 4.74 Å². The summed E-state index contributed by atoms with van der Waals surface area (Å²) in [5.41, 5.74) is 7.47. The van der Waals surface area contributed by atoms with Crippen molar-refractivity contribution in [3.05, 3.63) is 90.0 Å². The fraction of sp³-hybridized carbons (Fsp3) is 0.130. The van der Waals surface area contributed by atoms with Gasteiger partial charge in [-0.15, -0.1) is 0 Å². The van der Waals surface area contributed by atoms with Crippen LogP contribution in [0.3, 0.4) is 0 Å². The van der Waals surface area contributed by atoms with E-state index in [1.807, 2.05) is 30.3 Å². The average Bonchev–Trinajstić information content (AvgIpc) is 3.15. The minimum absolute atomic E-state index is 0.0738. The summed E-state index contributed by atoms with van der Waals surface area (Å²) in [5, 5.41) is 17.3. The highest BCUT2D eigenvalue weighted by atomic mass is 16.6. The quantitative estimate of drug-likeness (QED) is 0.428. The predicted molar refractivity (Wildman–Crippen MR) is 113 cm³/mol. The topological polar surface area (TPSA) is 109 Å². The maximum atomic E-state index is 12.6. The number of anilines is 1. The lowest BCUT2D eigenvalue weighted by molar-refractivity contribution is 0.0473. The second-order valence-electron chi connectivity index (χ2n) is 6.94. The van der Waals surface area contributed by atoms with E-state index in [1.54, 1.807) is 48.5 Å². The van der Waals surface area contributed by atoms with Gasteiger partial charge in [0.15, 0.2) is 12.2 Å². The van der Waals surface area contributed by atoms with Gasteiger partial charge in [0, 0.05) is 11.3 Å². The molecule has 1 aliphatic heterocycles. The molecule has 1 fully saturated rings. The fourth-order valence-corrected chi connectivity index (χ4v) is 3.36. The molecule has 7 nitrogen and oxygen atoms in total. The number of rotatable bonds is 6. The maximum Gasteiger partial charge on any atom is 0.414 e. The third-order valence-corrected chi connectivity index (χ3v) is 4.87. The Morgan fingerprint density at radius 3 is 2.53 bits per heavy atom. The van der Waals surface area contributed by atoms with Crippen molar-refractivity contribution in [2.45, 2.75) is 12.2 Å². The molecular weight excluding hydrogens is 382 g/mol. The van der Waals surface area contributed by atoms with Crippen LogP contribution in [-0.4, -0.2) is 29.7 Å². The normalized spacial score (nSPS) is 16.7. The molecule has 4 rings (SSSR count). The minimum Gasteiger partial charge on any atom is -0.508 e. The van der Waals surface area contributed by atoms with Crippen LogP contribution in [0.2, 0.25) is 0 Å². The van der Waals surface area contributed by atoms with Crippen molar-refractivity contribution < 1.29 is 19.4 Å². The minimum atomic E-state index is -0.580. The molecule has 1 aliphatic rings. The number of cyclic esters (lactones) is 1. The highest BCUT2D eigenvalue weighted by Crippen LogP contribution is 2.33. The number of phenols is 1. The first-order valence-electron chi connectivity index (χ1n) is 9.44. The molecule has 152 valence electrons. The van der Waals surface area contributed by atoms with Gasteiger partial charge in [-0.3, -0.25) is 10.3 Å². The van der Waals surface area contributed by atoms with Crippen LogP contribution in [0.1, 0.15) is 17.2 Å². The van der Waals surface area contributed by atoms with Crippen LogP contribution in [0.5, 0.6) is 11.5 Å². The monoisotopic (exact) mass is 403 g/mol. The summed E-state index contributed by atoms with van der Waals surface area (Å²) < 4.78 is 11.8. The van der Waals surface area contributed by atoms with Gasteiger partial charge in [0.2, 0.25) is 0 Å². The maximum absolute atomic E-state index is 12.6. The van der Waals surface area contributed by atoms with Gasteiger partial charge in [-0.05, 0) is 42.0 Å². The summed E-state index contributed by atoms with van der Waals surface area (Å²) in [6, 6.07) is 22.8. The Labute approximate surface area is 173 Å². The number of nitrogens with two attached hydrogens (primary N) is 1. The summed E-state index contributed by atoms with van der Waals surface area (Å²) in [4.78, 5) is 14.1. The number of amides is 1. The molecular formula is C23H21N3O4. The molecule has 30 heavy (non-hydrogen) atoms. The van der Waals surface area contributed by atoms with Gasteiger partial charge in [-0.25, -0.2) is 4.79 Å². The van der Waals surface area contributed by atoms with Gasteiger partial charge in [0.05, 0.1) is 6.54 Å². The van der Waals surface area contributed by atoms with Crippen molar-refractivity contribution in [1.82, 2.24) is 0 Å². The highest BCUT2D eigenvalue weighted by Gasteiger charge is 2.39. The van der Waals surface area contributed by atoms with E-state index in [4.69, 9.17) is 20.6 Å². The molecule has 0 aliphatic carbocycles. The first-order valence-corrected chi connectivity index (χ1v) is 9.44. The Balaban J connectivity index is 1.62. The number of nitrogens with one attached hydrogen (secondary N) is 1. The van der Waals surface area contributed by atoms with Crippen molar-refractivity contribution in [2.75, 3.05) is 11.4 Å². The summed E-state index contributed by atoms with van der Waals surface area (Å²) in [6.07, 6.45) is -1.65. The van der Waals surface area contributed by atoms with E-state index in [0.29, 0.717) is 17.0 Å². The van der Waals surface area contributed by atoms with Crippen molar-refractivity contribution in [3.63, 3.8) is 0 Å². The molecule has 0 spiro atoms. The van der Waals surface area contributed by atoms with E-state index < -0.39 is 18.3 Å². The molecule has 1 amide bonds. The zero-order valence-corrected chi connectivity index (χ0v) is 16.1. The van der Waals surface area contributed by atoms with Crippen LogP contribution in [0.15, 0.2) is 78.9 Å². The van der Waals surface area contributed by atoms with Crippen LogP contribution in [0.4, 0.5) is 10.5 Å². The number of nitrogens with zero attached hydrogens (tertiary/aromatic N) is 1. The molecule has 4 N–H and O–H groups in total. The van der Waals surface area contributed by atoms with Gasteiger partial charge in [0.25, 0.3) is 0 Å². The zero-order chi connectivity index (χ0) is 21.1. The fourth-order valence-electron chi connectivity index (χ4n) is 3.36. The van der Waals surface area contributed by atoms with Crippen LogP contribution in [0.25, 0.3) is 0 Å². The van der Waals surface area contributed by atoms with Gasteiger partial charge < -0.3 is 20.3 Å². The first kappa shape index (κ1) is 19.3. The standard InChI is InChI=1S/C23H21N3O4/c24-22(25)16-5-4-6-17(13-16)26-14-20(30-23(26)28)21(15-9-11-18(27)12-10-15)29-19-7-2-1-3-8-19/h1-13,20-21,27H,14H2,(H3,24,25). The van der Waals surface area contributed by atoms with Crippen molar-refractivity contribution in [1.29, 1.82) is 5.41 Å². The van der Waals surface area contributed by atoms with E-state index in [0.717, 1.165) is 5.56 Å². The molecule has 1 saturated heterocycles. The molecule has 0 aromatic heterocycles. The Hall–Kier alpha value is -4.00. The van der Waals surface area contributed by atoms with E-state index >= 15 is 0 Å². The van der Waals surface area contributed by atoms with Crippen molar-refractivity contribution in [3.8, 4) is 11.5 Å². The lowest BCUT2D eigenvalue weighted by atomic mass is 10.0. The third kappa shape index (κ3) is 4.05. The molecule has 7 heteroatoms. The van der Waals surface area contributed by atoms with Crippen LogP contribution >= 0.6 is 0 Å². The molecule has 2 atom stereocenters. The number of carbonyl (C=O) groups is 1. The lowest BCUT2D eigenvalue weighted by Crippen LogP contribution is -2.29. The van der Waals surface area contributed by atoms with Crippen LogP contribution in [0, 0.1) is 5.41 Å². The number of hydrogen-bond acceptors (Lipinski definition) is 5. The number of hydrogen-bond donors (Lipinski definition) is 3. The Morgan fingerprint density at radius 2 is 1.83 bits per heavy atom. The number of ether oxygens (including phenoxy) is 2. The number of amidine groups is 1. The Bertz CT molecular complexity index is 1050. The van der Waals surface area contributed by atoms with E-state index in [1.165, 1.54) is 4.90 Å². The molecule has 0 bridgehead atoms. The average molecular weight is 403 g/mol. The van der Waals surface area contributed by atoms with E-state index in [-0.39, 0.29) is 18.1 Å². The number of phenolic OH excluding ortho intramolecular Hbond substituents is 1. The number of benzene rings is 3.